The molecule has 2 aliphatic rings. The normalized spacial score (nSPS) is 19.4. The summed E-state index contributed by atoms with van der Waals surface area (Å²) in [7, 11) is 0. The van der Waals surface area contributed by atoms with Crippen LogP contribution in [0.1, 0.15) is 24.8 Å². The fourth-order valence-electron chi connectivity index (χ4n) is 3.25. The van der Waals surface area contributed by atoms with Gasteiger partial charge in [0, 0.05) is 44.8 Å². The molecule has 3 amide bonds. The molecule has 6 nitrogen and oxygen atoms in total. The SMILES string of the molecule is O=C1CCN(c2ccc(CCCCN3CCNCC3)cc2)C(=O)N1. The van der Waals surface area contributed by atoms with Crippen molar-refractivity contribution >= 4 is 17.6 Å². The Hall–Kier alpha value is -1.92. The maximum Gasteiger partial charge on any atom is 0.328 e. The maximum absolute atomic E-state index is 11.8. The number of nitrogens with zero attached hydrogens (tertiary/aromatic N) is 2. The molecule has 0 radical (unpaired) electrons. The minimum atomic E-state index is -0.324. The minimum absolute atomic E-state index is 0.197. The summed E-state index contributed by atoms with van der Waals surface area (Å²) in [5.41, 5.74) is 2.15. The number of nitrogens with one attached hydrogen (secondary N) is 2. The number of carbonyl (C=O) groups excluding carboxylic acids is 2. The number of hydrogen-bond acceptors (Lipinski definition) is 4. The Morgan fingerprint density at radius 3 is 2.42 bits per heavy atom. The first-order valence-electron chi connectivity index (χ1n) is 8.86. The molecule has 24 heavy (non-hydrogen) atoms. The summed E-state index contributed by atoms with van der Waals surface area (Å²) >= 11 is 0. The van der Waals surface area contributed by atoms with Gasteiger partial charge >= 0.3 is 6.03 Å². The van der Waals surface area contributed by atoms with Gasteiger partial charge in [0.2, 0.25) is 5.91 Å². The fraction of sp³-hybridized carbons (Fsp3) is 0.556. The van der Waals surface area contributed by atoms with E-state index in [1.165, 1.54) is 24.9 Å². The molecule has 130 valence electrons. The van der Waals surface area contributed by atoms with Crippen LogP contribution in [0.15, 0.2) is 24.3 Å². The average molecular weight is 330 g/mol. The van der Waals surface area contributed by atoms with E-state index in [1.807, 2.05) is 12.1 Å². The molecule has 6 heteroatoms. The van der Waals surface area contributed by atoms with Crippen LogP contribution < -0.4 is 15.5 Å². The van der Waals surface area contributed by atoms with Crippen LogP contribution in [0.5, 0.6) is 0 Å². The van der Waals surface area contributed by atoms with Crippen molar-refractivity contribution in [1.82, 2.24) is 15.5 Å². The summed E-state index contributed by atoms with van der Waals surface area (Å²) in [5.74, 6) is -0.197. The van der Waals surface area contributed by atoms with Crippen LogP contribution in [0.25, 0.3) is 0 Å². The van der Waals surface area contributed by atoms with E-state index in [1.54, 1.807) is 4.90 Å². The van der Waals surface area contributed by atoms with Crippen LogP contribution in [0.2, 0.25) is 0 Å². The molecule has 0 spiro atoms. The van der Waals surface area contributed by atoms with Crippen molar-refractivity contribution < 1.29 is 9.59 Å². The zero-order valence-electron chi connectivity index (χ0n) is 14.1. The Morgan fingerprint density at radius 2 is 1.71 bits per heavy atom. The first-order valence-corrected chi connectivity index (χ1v) is 8.86. The highest BCUT2D eigenvalue weighted by Crippen LogP contribution is 2.18. The lowest BCUT2D eigenvalue weighted by Gasteiger charge is -2.27. The second-order valence-electron chi connectivity index (χ2n) is 6.47. The van der Waals surface area contributed by atoms with Crippen LogP contribution in [-0.2, 0) is 11.2 Å². The summed E-state index contributed by atoms with van der Waals surface area (Å²) < 4.78 is 0. The van der Waals surface area contributed by atoms with Crippen LogP contribution in [0, 0.1) is 0 Å². The molecule has 3 rings (SSSR count). The lowest BCUT2D eigenvalue weighted by Crippen LogP contribution is -2.49. The molecule has 0 aliphatic carbocycles. The van der Waals surface area contributed by atoms with Gasteiger partial charge in [0.25, 0.3) is 0 Å². The van der Waals surface area contributed by atoms with E-state index in [9.17, 15) is 9.59 Å². The molecule has 0 saturated carbocycles. The van der Waals surface area contributed by atoms with Crippen molar-refractivity contribution in [3.8, 4) is 0 Å². The summed E-state index contributed by atoms with van der Waals surface area (Å²) in [6.45, 7) is 6.18. The predicted molar refractivity (Wildman–Crippen MR) is 94.2 cm³/mol. The number of unbranched alkanes of at least 4 members (excludes halogenated alkanes) is 1. The monoisotopic (exact) mass is 330 g/mol. The molecule has 1 aromatic rings. The number of hydrogen-bond donors (Lipinski definition) is 2. The topological polar surface area (TPSA) is 64.7 Å². The van der Waals surface area contributed by atoms with E-state index < -0.39 is 0 Å². The number of benzene rings is 1. The van der Waals surface area contributed by atoms with Gasteiger partial charge in [0.1, 0.15) is 0 Å². The van der Waals surface area contributed by atoms with Crippen LogP contribution in [-0.4, -0.2) is 56.1 Å². The highest BCUT2D eigenvalue weighted by atomic mass is 16.2. The van der Waals surface area contributed by atoms with E-state index in [4.69, 9.17) is 0 Å². The number of piperazine rings is 1. The third kappa shape index (κ3) is 4.55. The first-order chi connectivity index (χ1) is 11.7. The molecule has 2 fully saturated rings. The van der Waals surface area contributed by atoms with E-state index in [0.29, 0.717) is 13.0 Å². The van der Waals surface area contributed by atoms with Crippen LogP contribution in [0.3, 0.4) is 0 Å². The lowest BCUT2D eigenvalue weighted by atomic mass is 10.1. The van der Waals surface area contributed by atoms with Gasteiger partial charge in [-0.05, 0) is 43.5 Å². The zero-order chi connectivity index (χ0) is 16.8. The molecule has 0 unspecified atom stereocenters. The van der Waals surface area contributed by atoms with Crippen molar-refractivity contribution in [2.45, 2.75) is 25.7 Å². The number of imide groups is 1. The molecule has 0 atom stereocenters. The van der Waals surface area contributed by atoms with E-state index in [0.717, 1.165) is 38.3 Å². The van der Waals surface area contributed by atoms with Crippen molar-refractivity contribution in [3.05, 3.63) is 29.8 Å². The summed E-state index contributed by atoms with van der Waals surface area (Å²) in [6.07, 6.45) is 3.83. The Kier molecular flexibility index (Phi) is 5.82. The number of urea groups is 1. The van der Waals surface area contributed by atoms with Gasteiger partial charge in [-0.2, -0.15) is 0 Å². The smallest absolute Gasteiger partial charge is 0.314 e. The molecule has 0 aromatic heterocycles. The number of aryl methyl sites for hydroxylation is 1. The molecule has 2 heterocycles. The molecule has 1 aromatic carbocycles. The Balaban J connectivity index is 1.42. The van der Waals surface area contributed by atoms with Crippen molar-refractivity contribution in [1.29, 1.82) is 0 Å². The van der Waals surface area contributed by atoms with Crippen molar-refractivity contribution in [2.24, 2.45) is 0 Å². The number of amides is 3. The third-order valence-electron chi connectivity index (χ3n) is 4.70. The van der Waals surface area contributed by atoms with E-state index >= 15 is 0 Å². The fourth-order valence-corrected chi connectivity index (χ4v) is 3.25. The Bertz CT molecular complexity index is 567. The van der Waals surface area contributed by atoms with Crippen LogP contribution >= 0.6 is 0 Å². The number of rotatable bonds is 6. The average Bonchev–Trinajstić information content (AvgIpc) is 2.60. The standard InChI is InChI=1S/C18H26N4O2/c23-17-8-12-22(18(24)20-17)16-6-4-15(5-7-16)3-1-2-11-21-13-9-19-10-14-21/h4-7,19H,1-3,8-14H2,(H,20,23,24). The highest BCUT2D eigenvalue weighted by molar-refractivity contribution is 6.05. The Morgan fingerprint density at radius 1 is 0.958 bits per heavy atom. The Labute approximate surface area is 143 Å². The molecule has 2 N–H and O–H groups in total. The molecule has 2 saturated heterocycles. The van der Waals surface area contributed by atoms with Gasteiger partial charge in [0.15, 0.2) is 0 Å². The van der Waals surface area contributed by atoms with Gasteiger partial charge in [-0.25, -0.2) is 4.79 Å². The third-order valence-corrected chi connectivity index (χ3v) is 4.70. The first kappa shape index (κ1) is 16.9. The van der Waals surface area contributed by atoms with Gasteiger partial charge in [0.05, 0.1) is 0 Å². The van der Waals surface area contributed by atoms with Gasteiger partial charge < -0.3 is 10.2 Å². The summed E-state index contributed by atoms with van der Waals surface area (Å²) in [5, 5.41) is 5.73. The molecular weight excluding hydrogens is 304 g/mol. The second-order valence-corrected chi connectivity index (χ2v) is 6.47. The van der Waals surface area contributed by atoms with Gasteiger partial charge in [-0.15, -0.1) is 0 Å². The molecule has 2 aliphatic heterocycles. The lowest BCUT2D eigenvalue weighted by molar-refractivity contribution is -0.120. The van der Waals surface area contributed by atoms with Crippen molar-refractivity contribution in [3.63, 3.8) is 0 Å². The summed E-state index contributed by atoms with van der Waals surface area (Å²) in [4.78, 5) is 27.2. The predicted octanol–water partition coefficient (Wildman–Crippen LogP) is 1.36. The van der Waals surface area contributed by atoms with Gasteiger partial charge in [-0.1, -0.05) is 12.1 Å². The minimum Gasteiger partial charge on any atom is -0.314 e. The number of carbonyl (C=O) groups is 2. The van der Waals surface area contributed by atoms with Crippen molar-refractivity contribution in [2.75, 3.05) is 44.2 Å². The quantitative estimate of drug-likeness (QED) is 0.773. The zero-order valence-corrected chi connectivity index (χ0v) is 14.1. The highest BCUT2D eigenvalue weighted by Gasteiger charge is 2.23. The van der Waals surface area contributed by atoms with Crippen LogP contribution in [0.4, 0.5) is 10.5 Å². The largest absolute Gasteiger partial charge is 0.328 e. The van der Waals surface area contributed by atoms with E-state index in [-0.39, 0.29) is 11.9 Å². The summed E-state index contributed by atoms with van der Waals surface area (Å²) in [6, 6.07) is 7.80. The number of anilines is 1. The van der Waals surface area contributed by atoms with E-state index in [2.05, 4.69) is 27.7 Å². The second kappa shape index (κ2) is 8.26. The molecule has 0 bridgehead atoms. The molecular formula is C18H26N4O2. The van der Waals surface area contributed by atoms with Gasteiger partial charge in [-0.3, -0.25) is 15.0 Å². The maximum atomic E-state index is 11.8.